The van der Waals surface area contributed by atoms with Crippen LogP contribution in [0.15, 0.2) is 85.3 Å². The molecule has 0 atom stereocenters. The smallest absolute Gasteiger partial charge is 0.251 e. The van der Waals surface area contributed by atoms with Gasteiger partial charge in [0, 0.05) is 41.1 Å². The molecule has 0 radical (unpaired) electrons. The third kappa shape index (κ3) is 6.43. The monoisotopic (exact) mass is 442 g/mol. The molecule has 1 aliphatic carbocycles. The minimum absolute atomic E-state index is 0.147. The van der Waals surface area contributed by atoms with Crippen molar-refractivity contribution >= 4 is 28.3 Å². The highest BCUT2D eigenvalue weighted by molar-refractivity contribution is 5.96. The summed E-state index contributed by atoms with van der Waals surface area (Å²) in [4.78, 5) is 31.4. The molecule has 2 N–H and O–H groups in total. The van der Waals surface area contributed by atoms with Crippen molar-refractivity contribution in [2.24, 2.45) is 5.92 Å². The van der Waals surface area contributed by atoms with Crippen LogP contribution in [0.25, 0.3) is 10.8 Å². The van der Waals surface area contributed by atoms with Crippen LogP contribution >= 0.6 is 0 Å². The van der Waals surface area contributed by atoms with Crippen molar-refractivity contribution in [3.05, 3.63) is 102 Å². The number of anilines is 1. The van der Waals surface area contributed by atoms with Gasteiger partial charge in [-0.3, -0.25) is 19.6 Å². The van der Waals surface area contributed by atoms with Crippen LogP contribution in [0.1, 0.15) is 28.9 Å². The van der Waals surface area contributed by atoms with E-state index < -0.39 is 0 Å². The molecule has 33 heavy (non-hydrogen) atoms. The van der Waals surface area contributed by atoms with E-state index in [0.29, 0.717) is 12.1 Å². The second-order valence-corrected chi connectivity index (χ2v) is 7.71. The van der Waals surface area contributed by atoms with Crippen LogP contribution in [0.5, 0.6) is 0 Å². The Kier molecular flexibility index (Phi) is 6.99. The Morgan fingerprint density at radius 1 is 0.939 bits per heavy atom. The summed E-state index contributed by atoms with van der Waals surface area (Å²) in [7, 11) is 0. The van der Waals surface area contributed by atoms with Gasteiger partial charge in [-0.05, 0) is 72.8 Å². The summed E-state index contributed by atoms with van der Waals surface area (Å²) in [5.74, 6) is -0.205. The van der Waals surface area contributed by atoms with E-state index in [9.17, 15) is 14.0 Å². The van der Waals surface area contributed by atoms with E-state index in [2.05, 4.69) is 20.6 Å². The summed E-state index contributed by atoms with van der Waals surface area (Å²) in [6.07, 6.45) is 7.31. The molecule has 2 aromatic carbocycles. The number of carbonyl (C=O) groups is 2. The third-order valence-electron chi connectivity index (χ3n) is 5.12. The fraction of sp³-hybridized carbons (Fsp3) is 0.154. The van der Waals surface area contributed by atoms with Gasteiger partial charge in [0.05, 0.1) is 12.2 Å². The van der Waals surface area contributed by atoms with Crippen LogP contribution < -0.4 is 10.6 Å². The van der Waals surface area contributed by atoms with Crippen LogP contribution in [0.3, 0.4) is 0 Å². The SMILES string of the molecule is O=C(NCc1ccccn1)c1ccc(F)cc1.O=C(Nc1ccc2cnccc2c1)C1CC1. The Hall–Kier alpha value is -4.13. The number of halogens is 1. The van der Waals surface area contributed by atoms with Gasteiger partial charge < -0.3 is 10.6 Å². The van der Waals surface area contributed by atoms with Crippen LogP contribution in [0.2, 0.25) is 0 Å². The lowest BCUT2D eigenvalue weighted by Crippen LogP contribution is -2.23. The number of benzene rings is 2. The minimum Gasteiger partial charge on any atom is -0.346 e. The van der Waals surface area contributed by atoms with Gasteiger partial charge in [0.15, 0.2) is 0 Å². The average molecular weight is 442 g/mol. The quantitative estimate of drug-likeness (QED) is 0.468. The molecule has 2 heterocycles. The summed E-state index contributed by atoms with van der Waals surface area (Å²) in [5, 5.41) is 7.84. The predicted octanol–water partition coefficient (Wildman–Crippen LogP) is 4.73. The number of fused-ring (bicyclic) bond motifs is 1. The normalized spacial score (nSPS) is 12.4. The summed E-state index contributed by atoms with van der Waals surface area (Å²) in [5.41, 5.74) is 2.08. The fourth-order valence-corrected chi connectivity index (χ4v) is 3.13. The molecule has 0 spiro atoms. The van der Waals surface area contributed by atoms with Crippen LogP contribution in [-0.2, 0) is 11.3 Å². The largest absolute Gasteiger partial charge is 0.346 e. The van der Waals surface area contributed by atoms with Gasteiger partial charge in [0.1, 0.15) is 5.82 Å². The van der Waals surface area contributed by atoms with Gasteiger partial charge >= 0.3 is 0 Å². The summed E-state index contributed by atoms with van der Waals surface area (Å²) in [6, 6.07) is 18.7. The van der Waals surface area contributed by atoms with E-state index in [1.165, 1.54) is 24.3 Å². The van der Waals surface area contributed by atoms with Crippen molar-refractivity contribution in [2.45, 2.75) is 19.4 Å². The van der Waals surface area contributed by atoms with Crippen LogP contribution in [-0.4, -0.2) is 21.8 Å². The molecule has 1 saturated carbocycles. The van der Waals surface area contributed by atoms with Gasteiger partial charge in [-0.1, -0.05) is 12.1 Å². The number of nitrogens with zero attached hydrogens (tertiary/aromatic N) is 2. The lowest BCUT2D eigenvalue weighted by atomic mass is 10.1. The zero-order chi connectivity index (χ0) is 23.0. The zero-order valence-corrected chi connectivity index (χ0v) is 17.9. The van der Waals surface area contributed by atoms with Gasteiger partial charge in [0.2, 0.25) is 5.91 Å². The zero-order valence-electron chi connectivity index (χ0n) is 17.9. The molecule has 6 nitrogen and oxygen atoms in total. The van der Waals surface area contributed by atoms with Gasteiger partial charge in [-0.15, -0.1) is 0 Å². The highest BCUT2D eigenvalue weighted by atomic mass is 19.1. The van der Waals surface area contributed by atoms with Crippen molar-refractivity contribution in [2.75, 3.05) is 5.32 Å². The average Bonchev–Trinajstić information content (AvgIpc) is 3.70. The van der Waals surface area contributed by atoms with Crippen molar-refractivity contribution in [3.63, 3.8) is 0 Å². The third-order valence-corrected chi connectivity index (χ3v) is 5.12. The number of amides is 2. The number of nitrogens with one attached hydrogen (secondary N) is 2. The topological polar surface area (TPSA) is 84.0 Å². The van der Waals surface area contributed by atoms with Gasteiger partial charge in [-0.25, -0.2) is 4.39 Å². The Balaban J connectivity index is 0.000000157. The minimum atomic E-state index is -0.355. The highest BCUT2D eigenvalue weighted by Crippen LogP contribution is 2.30. The maximum absolute atomic E-state index is 12.7. The molecule has 4 aromatic rings. The first-order chi connectivity index (χ1) is 16.1. The molecule has 0 aliphatic heterocycles. The molecule has 0 saturated heterocycles. The molecule has 166 valence electrons. The standard InChI is InChI=1S/C13H11FN2O.C13H12N2O/c14-11-6-4-10(5-7-11)13(17)16-9-12-3-1-2-8-15-12;16-13(9-1-2-9)15-12-4-3-11-8-14-6-5-10(11)7-12/h1-8H,9H2,(H,16,17);3-9H,1-2H2,(H,15,16). The van der Waals surface area contributed by atoms with Gasteiger partial charge in [-0.2, -0.15) is 0 Å². The van der Waals surface area contributed by atoms with E-state index >= 15 is 0 Å². The first-order valence-electron chi connectivity index (χ1n) is 10.7. The van der Waals surface area contributed by atoms with E-state index in [1.807, 2.05) is 48.7 Å². The Bertz CT molecular complexity index is 1240. The Labute approximate surface area is 190 Å². The predicted molar refractivity (Wildman–Crippen MR) is 125 cm³/mol. The molecular formula is C26H23FN4O2. The summed E-state index contributed by atoms with van der Waals surface area (Å²) < 4.78 is 12.7. The number of rotatable bonds is 5. The lowest BCUT2D eigenvalue weighted by molar-refractivity contribution is -0.117. The van der Waals surface area contributed by atoms with Crippen molar-refractivity contribution in [3.8, 4) is 0 Å². The number of carbonyl (C=O) groups excluding carboxylic acids is 2. The first-order valence-corrected chi connectivity index (χ1v) is 10.7. The fourth-order valence-electron chi connectivity index (χ4n) is 3.13. The maximum atomic E-state index is 12.7. The molecule has 7 heteroatoms. The van der Waals surface area contributed by atoms with Crippen LogP contribution in [0, 0.1) is 11.7 Å². The van der Waals surface area contributed by atoms with E-state index in [4.69, 9.17) is 0 Å². The molecule has 2 amide bonds. The molecular weight excluding hydrogens is 419 g/mol. The molecule has 5 rings (SSSR count). The molecule has 2 aromatic heterocycles. The second-order valence-electron chi connectivity index (χ2n) is 7.71. The number of hydrogen-bond acceptors (Lipinski definition) is 4. The molecule has 1 aliphatic rings. The summed E-state index contributed by atoms with van der Waals surface area (Å²) >= 11 is 0. The first kappa shape index (κ1) is 22.1. The Morgan fingerprint density at radius 3 is 2.48 bits per heavy atom. The summed E-state index contributed by atoms with van der Waals surface area (Å²) in [6.45, 7) is 0.358. The number of aromatic nitrogens is 2. The van der Waals surface area contributed by atoms with Crippen molar-refractivity contribution in [1.29, 1.82) is 0 Å². The van der Waals surface area contributed by atoms with Crippen molar-refractivity contribution < 1.29 is 14.0 Å². The maximum Gasteiger partial charge on any atom is 0.251 e. The van der Waals surface area contributed by atoms with Crippen molar-refractivity contribution in [1.82, 2.24) is 15.3 Å². The molecule has 1 fully saturated rings. The van der Waals surface area contributed by atoms with E-state index in [-0.39, 0.29) is 23.5 Å². The van der Waals surface area contributed by atoms with E-state index in [1.54, 1.807) is 12.4 Å². The number of hydrogen-bond donors (Lipinski definition) is 2. The lowest BCUT2D eigenvalue weighted by Gasteiger charge is -2.05. The Morgan fingerprint density at radius 2 is 1.76 bits per heavy atom. The highest BCUT2D eigenvalue weighted by Gasteiger charge is 2.29. The van der Waals surface area contributed by atoms with Crippen LogP contribution in [0.4, 0.5) is 10.1 Å². The molecule has 0 unspecified atom stereocenters. The van der Waals surface area contributed by atoms with E-state index in [0.717, 1.165) is 35.0 Å². The van der Waals surface area contributed by atoms with Gasteiger partial charge in [0.25, 0.3) is 5.91 Å². The number of pyridine rings is 2. The second kappa shape index (κ2) is 10.5. The molecule has 0 bridgehead atoms.